The van der Waals surface area contributed by atoms with Gasteiger partial charge >= 0.3 is 0 Å². The normalized spacial score (nSPS) is 11.9. The average Bonchev–Trinajstić information content (AvgIpc) is 2.53. The molecule has 0 bridgehead atoms. The highest BCUT2D eigenvalue weighted by Gasteiger charge is 2.18. The lowest BCUT2D eigenvalue weighted by Crippen LogP contribution is -2.14. The Morgan fingerprint density at radius 1 is 0.810 bits per heavy atom. The molecule has 0 fully saturated rings. The third kappa shape index (κ3) is 3.11. The summed E-state index contributed by atoms with van der Waals surface area (Å²) < 4.78 is 16.1. The summed E-state index contributed by atoms with van der Waals surface area (Å²) in [5, 5.41) is 0. The summed E-state index contributed by atoms with van der Waals surface area (Å²) in [4.78, 5) is 0. The topological polar surface area (TPSA) is 53.7 Å². The number of benzene rings is 2. The van der Waals surface area contributed by atoms with Crippen molar-refractivity contribution in [2.75, 3.05) is 21.3 Å². The molecule has 0 radical (unpaired) electrons. The minimum atomic E-state index is -0.332. The molecule has 0 saturated heterocycles. The van der Waals surface area contributed by atoms with Crippen LogP contribution in [-0.2, 0) is 0 Å². The molecule has 4 heteroatoms. The molecule has 0 aliphatic rings. The van der Waals surface area contributed by atoms with Crippen molar-refractivity contribution in [1.82, 2.24) is 0 Å². The van der Waals surface area contributed by atoms with Crippen LogP contribution < -0.4 is 19.9 Å². The molecule has 4 nitrogen and oxygen atoms in total. The van der Waals surface area contributed by atoms with E-state index in [-0.39, 0.29) is 6.04 Å². The maximum absolute atomic E-state index is 6.41. The van der Waals surface area contributed by atoms with Crippen molar-refractivity contribution < 1.29 is 14.2 Å². The number of rotatable bonds is 5. The fourth-order valence-corrected chi connectivity index (χ4v) is 2.32. The molecule has 0 heterocycles. The van der Waals surface area contributed by atoms with Crippen LogP contribution in [0, 0.1) is 6.92 Å². The van der Waals surface area contributed by atoms with E-state index in [2.05, 4.69) is 0 Å². The standard InChI is InChI=1S/C17H21NO3/c1-11-5-7-13(15(9-11)20-3)17(18)14-8-6-12(19-2)10-16(14)21-4/h5-10,17H,18H2,1-4H3. The lowest BCUT2D eigenvalue weighted by atomic mass is 9.96. The van der Waals surface area contributed by atoms with Gasteiger partial charge in [-0.1, -0.05) is 12.1 Å². The number of hydrogen-bond donors (Lipinski definition) is 1. The Morgan fingerprint density at radius 2 is 1.38 bits per heavy atom. The Hall–Kier alpha value is -2.20. The van der Waals surface area contributed by atoms with Crippen molar-refractivity contribution >= 4 is 0 Å². The molecule has 1 unspecified atom stereocenters. The second-order valence-electron chi connectivity index (χ2n) is 4.83. The quantitative estimate of drug-likeness (QED) is 0.918. The summed E-state index contributed by atoms with van der Waals surface area (Å²) in [6.45, 7) is 2.02. The molecular formula is C17H21NO3. The van der Waals surface area contributed by atoms with Gasteiger partial charge in [0.1, 0.15) is 17.2 Å². The van der Waals surface area contributed by atoms with Gasteiger partial charge in [0.05, 0.1) is 27.4 Å². The third-order valence-corrected chi connectivity index (χ3v) is 3.50. The van der Waals surface area contributed by atoms with Crippen LogP contribution >= 0.6 is 0 Å². The van der Waals surface area contributed by atoms with Gasteiger partial charge in [0.25, 0.3) is 0 Å². The summed E-state index contributed by atoms with van der Waals surface area (Å²) in [6.07, 6.45) is 0. The minimum absolute atomic E-state index is 0.332. The number of methoxy groups -OCH3 is 3. The van der Waals surface area contributed by atoms with Gasteiger partial charge < -0.3 is 19.9 Å². The highest BCUT2D eigenvalue weighted by Crippen LogP contribution is 2.35. The molecule has 1 atom stereocenters. The van der Waals surface area contributed by atoms with Gasteiger partial charge in [-0.2, -0.15) is 0 Å². The zero-order valence-electron chi connectivity index (χ0n) is 12.8. The summed E-state index contributed by atoms with van der Waals surface area (Å²) >= 11 is 0. The Bertz CT molecular complexity index is 625. The van der Waals surface area contributed by atoms with Gasteiger partial charge in [-0.25, -0.2) is 0 Å². The first-order chi connectivity index (χ1) is 10.1. The van der Waals surface area contributed by atoms with E-state index in [4.69, 9.17) is 19.9 Å². The zero-order valence-corrected chi connectivity index (χ0v) is 12.8. The predicted octanol–water partition coefficient (Wildman–Crippen LogP) is 3.07. The second kappa shape index (κ2) is 6.50. The van der Waals surface area contributed by atoms with Crippen LogP contribution in [0.15, 0.2) is 36.4 Å². The first-order valence-electron chi connectivity index (χ1n) is 6.72. The Morgan fingerprint density at radius 3 is 1.95 bits per heavy atom. The van der Waals surface area contributed by atoms with Gasteiger partial charge in [0.2, 0.25) is 0 Å². The lowest BCUT2D eigenvalue weighted by Gasteiger charge is -2.19. The molecule has 0 saturated carbocycles. The van der Waals surface area contributed by atoms with Crippen LogP contribution in [-0.4, -0.2) is 21.3 Å². The second-order valence-corrected chi connectivity index (χ2v) is 4.83. The Balaban J connectivity index is 2.46. The van der Waals surface area contributed by atoms with E-state index >= 15 is 0 Å². The minimum Gasteiger partial charge on any atom is -0.497 e. The maximum Gasteiger partial charge on any atom is 0.127 e. The fourth-order valence-electron chi connectivity index (χ4n) is 2.32. The number of ether oxygens (including phenoxy) is 3. The average molecular weight is 287 g/mol. The largest absolute Gasteiger partial charge is 0.497 e. The highest BCUT2D eigenvalue weighted by molar-refractivity contribution is 5.49. The van der Waals surface area contributed by atoms with Gasteiger partial charge in [0, 0.05) is 17.2 Å². The Kier molecular flexibility index (Phi) is 4.70. The number of aryl methyl sites for hydroxylation is 1. The van der Waals surface area contributed by atoms with Crippen molar-refractivity contribution in [3.8, 4) is 17.2 Å². The van der Waals surface area contributed by atoms with E-state index in [1.807, 2.05) is 43.3 Å². The molecule has 2 aromatic carbocycles. The molecule has 0 aliphatic carbocycles. The molecule has 21 heavy (non-hydrogen) atoms. The van der Waals surface area contributed by atoms with E-state index in [1.54, 1.807) is 21.3 Å². The SMILES string of the molecule is COc1ccc(C(N)c2ccc(C)cc2OC)c(OC)c1. The van der Waals surface area contributed by atoms with Crippen LogP contribution in [0.1, 0.15) is 22.7 Å². The molecule has 2 aromatic rings. The van der Waals surface area contributed by atoms with E-state index in [9.17, 15) is 0 Å². The fraction of sp³-hybridized carbons (Fsp3) is 0.294. The van der Waals surface area contributed by atoms with E-state index < -0.39 is 0 Å². The summed E-state index contributed by atoms with van der Waals surface area (Å²) in [5.41, 5.74) is 9.35. The maximum atomic E-state index is 6.41. The monoisotopic (exact) mass is 287 g/mol. The molecule has 0 aromatic heterocycles. The van der Waals surface area contributed by atoms with Crippen LogP contribution in [0.25, 0.3) is 0 Å². The number of nitrogens with two attached hydrogens (primary N) is 1. The predicted molar refractivity (Wildman–Crippen MR) is 83.3 cm³/mol. The molecule has 2 rings (SSSR count). The van der Waals surface area contributed by atoms with Gasteiger partial charge in [-0.15, -0.1) is 0 Å². The molecule has 0 aliphatic heterocycles. The van der Waals surface area contributed by atoms with Crippen molar-refractivity contribution in [2.45, 2.75) is 13.0 Å². The molecule has 0 amide bonds. The van der Waals surface area contributed by atoms with E-state index in [1.165, 1.54) is 0 Å². The van der Waals surface area contributed by atoms with Crippen molar-refractivity contribution in [1.29, 1.82) is 0 Å². The van der Waals surface area contributed by atoms with E-state index in [0.717, 1.165) is 28.2 Å². The summed E-state index contributed by atoms with van der Waals surface area (Å²) in [7, 11) is 4.89. The van der Waals surface area contributed by atoms with Gasteiger partial charge in [-0.05, 0) is 30.7 Å². The molecular weight excluding hydrogens is 266 g/mol. The van der Waals surface area contributed by atoms with Crippen molar-refractivity contribution in [2.24, 2.45) is 5.73 Å². The Labute approximate surface area is 125 Å². The van der Waals surface area contributed by atoms with Crippen molar-refractivity contribution in [3.05, 3.63) is 53.1 Å². The smallest absolute Gasteiger partial charge is 0.127 e. The van der Waals surface area contributed by atoms with Crippen molar-refractivity contribution in [3.63, 3.8) is 0 Å². The summed E-state index contributed by atoms with van der Waals surface area (Å²) in [6, 6.07) is 11.3. The van der Waals surface area contributed by atoms with Gasteiger partial charge in [-0.3, -0.25) is 0 Å². The first-order valence-corrected chi connectivity index (χ1v) is 6.72. The van der Waals surface area contributed by atoms with E-state index in [0.29, 0.717) is 5.75 Å². The molecule has 0 spiro atoms. The number of hydrogen-bond acceptors (Lipinski definition) is 4. The lowest BCUT2D eigenvalue weighted by molar-refractivity contribution is 0.388. The van der Waals surface area contributed by atoms with Crippen LogP contribution in [0.5, 0.6) is 17.2 Å². The first kappa shape index (κ1) is 15.2. The third-order valence-electron chi connectivity index (χ3n) is 3.50. The molecule has 112 valence electrons. The van der Waals surface area contributed by atoms with Crippen LogP contribution in [0.2, 0.25) is 0 Å². The highest BCUT2D eigenvalue weighted by atomic mass is 16.5. The van der Waals surface area contributed by atoms with Crippen LogP contribution in [0.4, 0.5) is 0 Å². The van der Waals surface area contributed by atoms with Gasteiger partial charge in [0.15, 0.2) is 0 Å². The zero-order chi connectivity index (χ0) is 15.4. The summed E-state index contributed by atoms with van der Waals surface area (Å²) in [5.74, 6) is 2.21. The van der Waals surface area contributed by atoms with Crippen LogP contribution in [0.3, 0.4) is 0 Å². The molecule has 2 N–H and O–H groups in total.